The molecule has 0 heterocycles. The molecular weight excluding hydrogens is 235 g/mol. The summed E-state index contributed by atoms with van der Waals surface area (Å²) in [6, 6.07) is 2.75. The van der Waals surface area contributed by atoms with Gasteiger partial charge in [-0.05, 0) is 18.2 Å². The summed E-state index contributed by atoms with van der Waals surface area (Å²) in [4.78, 5) is 11.2. The minimum atomic E-state index is -4.47. The Morgan fingerprint density at radius 3 is 2.53 bits per heavy atom. The van der Waals surface area contributed by atoms with Crippen molar-refractivity contribution in [1.29, 1.82) is 0 Å². The van der Waals surface area contributed by atoms with Crippen molar-refractivity contribution in [3.63, 3.8) is 0 Å². The van der Waals surface area contributed by atoms with Gasteiger partial charge in [-0.3, -0.25) is 4.79 Å². The number of hydrogen-bond donors (Lipinski definition) is 3. The third-order valence-electron chi connectivity index (χ3n) is 2.03. The molecule has 0 saturated carbocycles. The lowest BCUT2D eigenvalue weighted by molar-refractivity contribution is -0.137. The molecule has 0 spiro atoms. The summed E-state index contributed by atoms with van der Waals surface area (Å²) in [6.07, 6.45) is -4.45. The van der Waals surface area contributed by atoms with Crippen molar-refractivity contribution in [1.82, 2.24) is 0 Å². The van der Waals surface area contributed by atoms with Crippen LogP contribution in [0.2, 0.25) is 0 Å². The molecule has 7 heteroatoms. The monoisotopic (exact) mass is 247 g/mol. The number of hydrogen-bond acceptors (Lipinski definition) is 3. The molecule has 0 unspecified atom stereocenters. The maximum atomic E-state index is 12.4. The smallest absolute Gasteiger partial charge is 0.397 e. The highest BCUT2D eigenvalue weighted by Crippen LogP contribution is 2.32. The topological polar surface area (TPSA) is 81.1 Å². The number of amides is 1. The number of halogens is 3. The number of nitrogens with two attached hydrogens (primary N) is 2. The lowest BCUT2D eigenvalue weighted by atomic mass is 10.1. The van der Waals surface area contributed by atoms with E-state index in [1.807, 2.05) is 0 Å². The predicted molar refractivity (Wildman–Crippen MR) is 58.2 cm³/mol. The van der Waals surface area contributed by atoms with Gasteiger partial charge in [0.25, 0.3) is 0 Å². The number of rotatable bonds is 3. The third-order valence-corrected chi connectivity index (χ3v) is 2.03. The maximum Gasteiger partial charge on any atom is 0.416 e. The van der Waals surface area contributed by atoms with E-state index in [9.17, 15) is 18.0 Å². The molecule has 0 aliphatic rings. The van der Waals surface area contributed by atoms with E-state index in [4.69, 9.17) is 11.5 Å². The predicted octanol–water partition coefficient (Wildman–Crippen LogP) is 1.57. The van der Waals surface area contributed by atoms with Crippen LogP contribution in [0.1, 0.15) is 12.0 Å². The van der Waals surface area contributed by atoms with Gasteiger partial charge < -0.3 is 16.8 Å². The van der Waals surface area contributed by atoms with Crippen molar-refractivity contribution in [3.05, 3.63) is 23.8 Å². The quantitative estimate of drug-likeness (QED) is 0.709. The third kappa shape index (κ3) is 3.63. The van der Waals surface area contributed by atoms with Crippen LogP contribution in [0.4, 0.5) is 24.5 Å². The summed E-state index contributed by atoms with van der Waals surface area (Å²) in [7, 11) is 0. The molecule has 0 bridgehead atoms. The van der Waals surface area contributed by atoms with Gasteiger partial charge >= 0.3 is 6.18 Å². The Kier molecular flexibility index (Phi) is 3.95. The molecule has 1 aromatic rings. The Morgan fingerprint density at radius 2 is 2.00 bits per heavy atom. The number of alkyl halides is 3. The first-order valence-electron chi connectivity index (χ1n) is 4.81. The van der Waals surface area contributed by atoms with Crippen LogP contribution in [-0.4, -0.2) is 12.5 Å². The van der Waals surface area contributed by atoms with Gasteiger partial charge in [0.15, 0.2) is 0 Å². The van der Waals surface area contributed by atoms with Gasteiger partial charge in [-0.1, -0.05) is 0 Å². The molecule has 0 saturated heterocycles. The molecule has 1 aromatic carbocycles. The van der Waals surface area contributed by atoms with Gasteiger partial charge in [-0.15, -0.1) is 0 Å². The summed E-state index contributed by atoms with van der Waals surface area (Å²) < 4.78 is 37.2. The van der Waals surface area contributed by atoms with Crippen molar-refractivity contribution in [2.24, 2.45) is 5.73 Å². The van der Waals surface area contributed by atoms with E-state index in [0.717, 1.165) is 18.2 Å². The minimum absolute atomic E-state index is 0.0235. The first kappa shape index (κ1) is 13.3. The second-order valence-corrected chi connectivity index (χ2v) is 3.39. The molecule has 0 aliphatic heterocycles. The van der Waals surface area contributed by atoms with Gasteiger partial charge in [-0.25, -0.2) is 0 Å². The fraction of sp³-hybridized carbons (Fsp3) is 0.300. The average Bonchev–Trinajstić information content (AvgIpc) is 2.20. The maximum absolute atomic E-state index is 12.4. The number of carbonyl (C=O) groups excluding carboxylic acids is 1. The molecular formula is C10H12F3N3O. The van der Waals surface area contributed by atoms with E-state index >= 15 is 0 Å². The lowest BCUT2D eigenvalue weighted by Crippen LogP contribution is -2.17. The van der Waals surface area contributed by atoms with E-state index in [-0.39, 0.29) is 24.3 Å². The number of benzene rings is 1. The first-order valence-corrected chi connectivity index (χ1v) is 4.81. The fourth-order valence-corrected chi connectivity index (χ4v) is 1.18. The Balaban J connectivity index is 2.95. The molecule has 4 nitrogen and oxygen atoms in total. The van der Waals surface area contributed by atoms with Crippen LogP contribution in [-0.2, 0) is 11.0 Å². The van der Waals surface area contributed by atoms with E-state index in [1.54, 1.807) is 0 Å². The van der Waals surface area contributed by atoms with Gasteiger partial charge in [0, 0.05) is 13.0 Å². The van der Waals surface area contributed by atoms with E-state index in [0.29, 0.717) is 0 Å². The van der Waals surface area contributed by atoms with Crippen LogP contribution in [0.25, 0.3) is 0 Å². The van der Waals surface area contributed by atoms with Gasteiger partial charge in [0.05, 0.1) is 16.9 Å². The van der Waals surface area contributed by atoms with Crippen LogP contribution >= 0.6 is 0 Å². The van der Waals surface area contributed by atoms with Crippen LogP contribution in [0.15, 0.2) is 18.2 Å². The summed E-state index contributed by atoms with van der Waals surface area (Å²) in [6.45, 7) is 0.116. The molecule has 0 aliphatic carbocycles. The molecule has 5 N–H and O–H groups in total. The van der Waals surface area contributed by atoms with Crippen molar-refractivity contribution in [3.8, 4) is 0 Å². The fourth-order valence-electron chi connectivity index (χ4n) is 1.18. The zero-order valence-corrected chi connectivity index (χ0v) is 8.84. The largest absolute Gasteiger partial charge is 0.416 e. The summed E-state index contributed by atoms with van der Waals surface area (Å²) >= 11 is 0. The number of anilines is 2. The molecule has 0 aromatic heterocycles. The zero-order chi connectivity index (χ0) is 13.1. The van der Waals surface area contributed by atoms with Crippen molar-refractivity contribution in [2.75, 3.05) is 17.6 Å². The Bertz CT molecular complexity index is 418. The first-order chi connectivity index (χ1) is 7.84. The Hall–Kier alpha value is -1.76. The highest BCUT2D eigenvalue weighted by molar-refractivity contribution is 5.94. The van der Waals surface area contributed by atoms with Crippen LogP contribution in [0.5, 0.6) is 0 Å². The molecule has 1 rings (SSSR count). The molecule has 0 fully saturated rings. The van der Waals surface area contributed by atoms with Gasteiger partial charge in [-0.2, -0.15) is 13.2 Å². The average molecular weight is 247 g/mol. The summed E-state index contributed by atoms with van der Waals surface area (Å²) in [5, 5.41) is 2.28. The molecule has 0 radical (unpaired) electrons. The van der Waals surface area contributed by atoms with Crippen LogP contribution in [0, 0.1) is 0 Å². The second kappa shape index (κ2) is 5.05. The standard InChI is InChI=1S/C10H12F3N3O/c11-10(12,13)6-1-2-7(15)8(5-6)16-9(17)3-4-14/h1-2,5H,3-4,14-15H2,(H,16,17). The highest BCUT2D eigenvalue weighted by atomic mass is 19.4. The Labute approximate surface area is 95.8 Å². The van der Waals surface area contributed by atoms with E-state index < -0.39 is 17.6 Å². The number of nitrogens with one attached hydrogen (secondary N) is 1. The second-order valence-electron chi connectivity index (χ2n) is 3.39. The summed E-state index contributed by atoms with van der Waals surface area (Å²) in [5.74, 6) is -0.474. The SMILES string of the molecule is NCCC(=O)Nc1cc(C(F)(F)F)ccc1N. The zero-order valence-electron chi connectivity index (χ0n) is 8.84. The van der Waals surface area contributed by atoms with Crippen LogP contribution in [0.3, 0.4) is 0 Å². The highest BCUT2D eigenvalue weighted by Gasteiger charge is 2.31. The van der Waals surface area contributed by atoms with Crippen molar-refractivity contribution in [2.45, 2.75) is 12.6 Å². The normalized spacial score (nSPS) is 11.3. The van der Waals surface area contributed by atoms with Crippen LogP contribution < -0.4 is 16.8 Å². The number of carbonyl (C=O) groups is 1. The minimum Gasteiger partial charge on any atom is -0.397 e. The van der Waals surface area contributed by atoms with E-state index in [2.05, 4.69) is 5.32 Å². The van der Waals surface area contributed by atoms with Gasteiger partial charge in [0.2, 0.25) is 5.91 Å². The molecule has 17 heavy (non-hydrogen) atoms. The molecule has 1 amide bonds. The van der Waals surface area contributed by atoms with Gasteiger partial charge in [0.1, 0.15) is 0 Å². The molecule has 94 valence electrons. The number of nitrogen functional groups attached to an aromatic ring is 1. The van der Waals surface area contributed by atoms with E-state index in [1.165, 1.54) is 0 Å². The Morgan fingerprint density at radius 1 is 1.35 bits per heavy atom. The summed E-state index contributed by atoms with van der Waals surface area (Å²) in [5.41, 5.74) is 9.76. The van der Waals surface area contributed by atoms with Crippen molar-refractivity contribution < 1.29 is 18.0 Å². The lowest BCUT2D eigenvalue weighted by Gasteiger charge is -2.12. The molecule has 0 atom stereocenters. The van der Waals surface area contributed by atoms with Crippen molar-refractivity contribution >= 4 is 17.3 Å².